The summed E-state index contributed by atoms with van der Waals surface area (Å²) < 4.78 is 24.2. The number of hydrogen-bond acceptors (Lipinski definition) is 12. The summed E-state index contributed by atoms with van der Waals surface area (Å²) in [6.45, 7) is 6.82. The SMILES string of the molecule is CC(C#N)=C1Sc2c(OC(=O)N3CCOCC3)c3c(c(OC(=O)N4CCOCC4)c2S1)SC(=C(C)C#N)S3. The van der Waals surface area contributed by atoms with Crippen molar-refractivity contribution in [1.29, 1.82) is 10.5 Å². The van der Waals surface area contributed by atoms with Gasteiger partial charge in [0.25, 0.3) is 0 Å². The molecular formula is C24H22N4O6S4. The van der Waals surface area contributed by atoms with Gasteiger partial charge in [-0.3, -0.25) is 0 Å². The molecule has 1 aromatic carbocycles. The maximum Gasteiger partial charge on any atom is 0.415 e. The molecule has 2 saturated heterocycles. The van der Waals surface area contributed by atoms with Gasteiger partial charge in [-0.25, -0.2) is 9.59 Å². The van der Waals surface area contributed by atoms with Crippen molar-refractivity contribution in [3.8, 4) is 23.6 Å². The van der Waals surface area contributed by atoms with Gasteiger partial charge in [-0.05, 0) is 13.8 Å². The Bertz CT molecular complexity index is 1190. The number of thioether (sulfide) groups is 4. The van der Waals surface area contributed by atoms with Crippen LogP contribution in [0.5, 0.6) is 11.5 Å². The molecule has 0 N–H and O–H groups in total. The van der Waals surface area contributed by atoms with Gasteiger partial charge in [-0.1, -0.05) is 47.0 Å². The monoisotopic (exact) mass is 590 g/mol. The molecule has 38 heavy (non-hydrogen) atoms. The summed E-state index contributed by atoms with van der Waals surface area (Å²) in [6.07, 6.45) is -1.01. The van der Waals surface area contributed by atoms with E-state index in [0.717, 1.165) is 8.47 Å². The van der Waals surface area contributed by atoms with E-state index in [2.05, 4.69) is 12.1 Å². The molecule has 14 heteroatoms. The molecule has 10 nitrogen and oxygen atoms in total. The summed E-state index contributed by atoms with van der Waals surface area (Å²) in [4.78, 5) is 31.9. The fraction of sp³-hybridized carbons (Fsp3) is 0.417. The van der Waals surface area contributed by atoms with E-state index in [9.17, 15) is 20.1 Å². The number of hydrogen-bond donors (Lipinski definition) is 0. The maximum absolute atomic E-state index is 13.2. The van der Waals surface area contributed by atoms with E-state index >= 15 is 0 Å². The number of amides is 2. The van der Waals surface area contributed by atoms with Crippen LogP contribution in [0, 0.1) is 22.7 Å². The minimum atomic E-state index is -0.504. The Morgan fingerprint density at radius 2 is 1.00 bits per heavy atom. The Labute approximate surface area is 236 Å². The quantitative estimate of drug-likeness (QED) is 0.417. The molecule has 2 amide bonds. The molecule has 0 spiro atoms. The lowest BCUT2D eigenvalue weighted by Crippen LogP contribution is -2.42. The predicted octanol–water partition coefficient (Wildman–Crippen LogP) is 5.25. The molecule has 0 saturated carbocycles. The number of ether oxygens (including phenoxy) is 4. The number of rotatable bonds is 2. The third kappa shape index (κ3) is 5.34. The maximum atomic E-state index is 13.2. The molecule has 2 fully saturated rings. The summed E-state index contributed by atoms with van der Waals surface area (Å²) in [5, 5.41) is 19.1. The van der Waals surface area contributed by atoms with Crippen LogP contribution in [0.3, 0.4) is 0 Å². The van der Waals surface area contributed by atoms with Crippen molar-refractivity contribution >= 4 is 59.2 Å². The van der Waals surface area contributed by atoms with Crippen molar-refractivity contribution in [1.82, 2.24) is 9.80 Å². The fourth-order valence-electron chi connectivity index (χ4n) is 3.78. The highest BCUT2D eigenvalue weighted by atomic mass is 32.2. The van der Waals surface area contributed by atoms with Crippen molar-refractivity contribution in [3.05, 3.63) is 19.6 Å². The third-order valence-electron chi connectivity index (χ3n) is 5.88. The molecule has 0 bridgehead atoms. The first-order valence-electron chi connectivity index (χ1n) is 11.7. The second-order valence-corrected chi connectivity index (χ2v) is 13.0. The molecule has 4 heterocycles. The topological polar surface area (TPSA) is 125 Å². The van der Waals surface area contributed by atoms with Crippen LogP contribution >= 0.6 is 47.0 Å². The number of fused-ring (bicyclic) bond motifs is 2. The molecule has 0 aromatic heterocycles. The van der Waals surface area contributed by atoms with E-state index in [0.29, 0.717) is 94.8 Å². The van der Waals surface area contributed by atoms with Gasteiger partial charge in [0.2, 0.25) is 0 Å². The number of nitrogens with zero attached hydrogens (tertiary/aromatic N) is 4. The second-order valence-electron chi connectivity index (χ2n) is 8.37. The summed E-state index contributed by atoms with van der Waals surface area (Å²) >= 11 is 5.25. The Morgan fingerprint density at radius 3 is 1.29 bits per heavy atom. The first-order valence-corrected chi connectivity index (χ1v) is 14.9. The largest absolute Gasteiger partial charge is 0.415 e. The minimum absolute atomic E-state index is 0.342. The highest BCUT2D eigenvalue weighted by Crippen LogP contribution is 2.68. The minimum Gasteiger partial charge on any atom is -0.408 e. The Morgan fingerprint density at radius 1 is 0.684 bits per heavy atom. The van der Waals surface area contributed by atoms with Gasteiger partial charge in [0.15, 0.2) is 11.5 Å². The normalized spacial score (nSPS) is 18.3. The Balaban J connectivity index is 1.61. The van der Waals surface area contributed by atoms with Crippen LogP contribution in [0.15, 0.2) is 39.2 Å². The van der Waals surface area contributed by atoms with Crippen molar-refractivity contribution in [3.63, 3.8) is 0 Å². The molecule has 198 valence electrons. The third-order valence-corrected chi connectivity index (χ3v) is 11.5. The summed E-state index contributed by atoms with van der Waals surface area (Å²) in [7, 11) is 0. The Kier molecular flexibility index (Phi) is 8.38. The number of carbonyl (C=O) groups is 2. The molecule has 4 aliphatic rings. The average Bonchev–Trinajstić information content (AvgIpc) is 3.60. The summed E-state index contributed by atoms with van der Waals surface area (Å²) in [5.41, 5.74) is 1.02. The highest BCUT2D eigenvalue weighted by Gasteiger charge is 2.40. The van der Waals surface area contributed by atoms with E-state index < -0.39 is 12.2 Å². The molecule has 5 rings (SSSR count). The molecule has 1 aromatic rings. The summed E-state index contributed by atoms with van der Waals surface area (Å²) in [5.74, 6) is 0.684. The van der Waals surface area contributed by atoms with Crippen molar-refractivity contribution in [2.24, 2.45) is 0 Å². The van der Waals surface area contributed by atoms with Crippen molar-refractivity contribution in [2.75, 3.05) is 52.6 Å². The first-order chi connectivity index (χ1) is 18.4. The highest BCUT2D eigenvalue weighted by molar-refractivity contribution is 8.25. The number of benzene rings is 1. The lowest BCUT2D eigenvalue weighted by Gasteiger charge is -2.27. The predicted molar refractivity (Wildman–Crippen MR) is 143 cm³/mol. The van der Waals surface area contributed by atoms with Gasteiger partial charge in [0.05, 0.1) is 66.6 Å². The van der Waals surface area contributed by atoms with E-state index in [4.69, 9.17) is 18.9 Å². The van der Waals surface area contributed by atoms with E-state index in [1.54, 1.807) is 23.6 Å². The first kappa shape index (κ1) is 27.1. The Hall–Kier alpha value is -2.46. The van der Waals surface area contributed by atoms with Crippen LogP contribution < -0.4 is 9.47 Å². The lowest BCUT2D eigenvalue weighted by atomic mass is 10.3. The molecule has 0 radical (unpaired) electrons. The van der Waals surface area contributed by atoms with E-state index in [1.165, 1.54) is 47.0 Å². The van der Waals surface area contributed by atoms with Crippen LogP contribution in [-0.2, 0) is 9.47 Å². The van der Waals surface area contributed by atoms with Crippen LogP contribution in [-0.4, -0.2) is 74.6 Å². The molecule has 4 aliphatic heterocycles. The van der Waals surface area contributed by atoms with E-state index in [1.807, 2.05) is 0 Å². The van der Waals surface area contributed by atoms with Crippen LogP contribution in [0.25, 0.3) is 0 Å². The molecule has 0 unspecified atom stereocenters. The van der Waals surface area contributed by atoms with Gasteiger partial charge in [-0.2, -0.15) is 10.5 Å². The molecule has 0 aliphatic carbocycles. The number of allylic oxidation sites excluding steroid dienone is 2. The van der Waals surface area contributed by atoms with Crippen LogP contribution in [0.1, 0.15) is 13.8 Å². The average molecular weight is 591 g/mol. The second kappa shape index (κ2) is 11.7. The zero-order valence-electron chi connectivity index (χ0n) is 20.5. The standard InChI is InChI=1S/C24H22N4O6S4/c1-13(11-25)21-35-17-15(33-23(29)27-3-7-31-8-4-27)19-20(38-22(37-19)14(2)12-26)16(18(17)36-21)34-24(30)28-5-9-32-10-6-28/h3-10H2,1-2H3. The summed E-state index contributed by atoms with van der Waals surface area (Å²) in [6, 6.07) is 4.35. The van der Waals surface area contributed by atoms with Crippen LogP contribution in [0.4, 0.5) is 9.59 Å². The van der Waals surface area contributed by atoms with Crippen LogP contribution in [0.2, 0.25) is 0 Å². The number of nitriles is 2. The van der Waals surface area contributed by atoms with Gasteiger partial charge in [-0.15, -0.1) is 0 Å². The van der Waals surface area contributed by atoms with Gasteiger partial charge < -0.3 is 28.7 Å². The smallest absolute Gasteiger partial charge is 0.408 e. The number of morpholine rings is 2. The molecular weight excluding hydrogens is 569 g/mol. The molecule has 0 atom stereocenters. The lowest BCUT2D eigenvalue weighted by molar-refractivity contribution is 0.0402. The van der Waals surface area contributed by atoms with Crippen molar-refractivity contribution < 1.29 is 28.5 Å². The zero-order chi connectivity index (χ0) is 26.8. The van der Waals surface area contributed by atoms with Gasteiger partial charge in [0, 0.05) is 37.3 Å². The van der Waals surface area contributed by atoms with Crippen molar-refractivity contribution in [2.45, 2.75) is 33.4 Å². The van der Waals surface area contributed by atoms with E-state index in [-0.39, 0.29) is 0 Å². The number of carbonyl (C=O) groups excluding carboxylic acids is 2. The van der Waals surface area contributed by atoms with Gasteiger partial charge >= 0.3 is 12.2 Å². The zero-order valence-corrected chi connectivity index (χ0v) is 23.8. The van der Waals surface area contributed by atoms with Gasteiger partial charge in [0.1, 0.15) is 0 Å². The fourth-order valence-corrected chi connectivity index (χ4v) is 8.97.